The van der Waals surface area contributed by atoms with E-state index in [4.69, 9.17) is 0 Å². The minimum absolute atomic E-state index is 0.101. The van der Waals surface area contributed by atoms with Crippen LogP contribution in [0.4, 0.5) is 10.8 Å². The minimum Gasteiger partial charge on any atom is -0.324 e. The Bertz CT molecular complexity index is 1050. The van der Waals surface area contributed by atoms with Gasteiger partial charge in [0, 0.05) is 15.8 Å². The molecule has 0 spiro atoms. The van der Waals surface area contributed by atoms with Gasteiger partial charge in [0.05, 0.1) is 24.0 Å². The smallest absolute Gasteiger partial charge is 0.243 e. The summed E-state index contributed by atoms with van der Waals surface area (Å²) in [5.74, 6) is -0.371. The third-order valence-corrected chi connectivity index (χ3v) is 6.45. The van der Waals surface area contributed by atoms with Crippen LogP contribution in [-0.2, 0) is 9.59 Å². The highest BCUT2D eigenvalue weighted by Crippen LogP contribution is 2.26. The predicted molar refractivity (Wildman–Crippen MR) is 130 cm³/mol. The number of nitrogens with one attached hydrogen (secondary N) is 2. The highest BCUT2D eigenvalue weighted by molar-refractivity contribution is 7.98. The number of benzene rings is 2. The van der Waals surface area contributed by atoms with Crippen molar-refractivity contribution in [1.29, 1.82) is 0 Å². The van der Waals surface area contributed by atoms with Crippen LogP contribution in [-0.4, -0.2) is 47.6 Å². The van der Waals surface area contributed by atoms with E-state index < -0.39 is 6.04 Å². The van der Waals surface area contributed by atoms with Gasteiger partial charge in [-0.2, -0.15) is 0 Å². The number of thiazole rings is 1. The molecule has 0 saturated carbocycles. The predicted octanol–water partition coefficient (Wildman–Crippen LogP) is 4.74. The van der Waals surface area contributed by atoms with Crippen LogP contribution in [0.25, 0.3) is 11.3 Å². The van der Waals surface area contributed by atoms with Gasteiger partial charge in [0.15, 0.2) is 5.13 Å². The van der Waals surface area contributed by atoms with Gasteiger partial charge in [-0.05, 0) is 39.3 Å². The molecule has 1 aromatic heterocycles. The van der Waals surface area contributed by atoms with Crippen LogP contribution in [0.5, 0.6) is 0 Å². The Morgan fingerprint density at radius 2 is 1.84 bits per heavy atom. The summed E-state index contributed by atoms with van der Waals surface area (Å²) in [7, 11) is 1.75. The van der Waals surface area contributed by atoms with Crippen LogP contribution in [0.3, 0.4) is 0 Å². The lowest BCUT2D eigenvalue weighted by atomic mass is 10.1. The molecule has 2 amide bonds. The normalized spacial score (nSPS) is 11.9. The van der Waals surface area contributed by atoms with Gasteiger partial charge >= 0.3 is 0 Å². The summed E-state index contributed by atoms with van der Waals surface area (Å²) >= 11 is 2.95. The van der Waals surface area contributed by atoms with Gasteiger partial charge in [-0.25, -0.2) is 4.98 Å². The fourth-order valence-corrected chi connectivity index (χ4v) is 4.18. The van der Waals surface area contributed by atoms with E-state index in [0.29, 0.717) is 5.13 Å². The molecule has 162 valence electrons. The maximum atomic E-state index is 12.7. The summed E-state index contributed by atoms with van der Waals surface area (Å²) in [6, 6.07) is 15.2. The third kappa shape index (κ3) is 6.16. The van der Waals surface area contributed by atoms with Crippen LogP contribution < -0.4 is 10.6 Å². The fraction of sp³-hybridized carbons (Fsp3) is 0.261. The summed E-state index contributed by atoms with van der Waals surface area (Å²) in [5, 5.41) is 8.24. The number of aryl methyl sites for hydroxylation is 1. The first-order chi connectivity index (χ1) is 14.9. The average Bonchev–Trinajstić information content (AvgIpc) is 3.22. The molecule has 3 aromatic rings. The molecule has 1 unspecified atom stereocenters. The number of hydrogen-bond acceptors (Lipinski definition) is 6. The first-order valence-corrected chi connectivity index (χ1v) is 11.9. The molecule has 2 N–H and O–H groups in total. The van der Waals surface area contributed by atoms with Crippen molar-refractivity contribution in [2.24, 2.45) is 0 Å². The Morgan fingerprint density at radius 3 is 2.55 bits per heavy atom. The lowest BCUT2D eigenvalue weighted by Gasteiger charge is -2.23. The van der Waals surface area contributed by atoms with Crippen molar-refractivity contribution in [3.05, 3.63) is 59.5 Å². The summed E-state index contributed by atoms with van der Waals surface area (Å²) in [5.41, 5.74) is 3.80. The topological polar surface area (TPSA) is 74.3 Å². The molecule has 6 nitrogen and oxygen atoms in total. The van der Waals surface area contributed by atoms with Crippen LogP contribution >= 0.6 is 23.1 Å². The van der Waals surface area contributed by atoms with Gasteiger partial charge in [0.2, 0.25) is 11.8 Å². The van der Waals surface area contributed by atoms with Crippen molar-refractivity contribution in [2.45, 2.75) is 24.8 Å². The molecule has 3 rings (SSSR count). The van der Waals surface area contributed by atoms with Crippen molar-refractivity contribution in [3.8, 4) is 11.3 Å². The second-order valence-electron chi connectivity index (χ2n) is 7.23. The molecule has 0 aliphatic heterocycles. The number of nitrogens with zero attached hydrogens (tertiary/aromatic N) is 2. The molecular weight excluding hydrogens is 428 g/mol. The maximum Gasteiger partial charge on any atom is 0.243 e. The zero-order valence-corrected chi connectivity index (χ0v) is 19.6. The zero-order chi connectivity index (χ0) is 22.4. The summed E-state index contributed by atoms with van der Waals surface area (Å²) < 4.78 is 0. The summed E-state index contributed by atoms with van der Waals surface area (Å²) in [6.45, 7) is 3.91. The number of aromatic nitrogens is 1. The number of hydrogen-bond donors (Lipinski definition) is 2. The van der Waals surface area contributed by atoms with E-state index in [2.05, 4.69) is 15.6 Å². The Labute approximate surface area is 191 Å². The van der Waals surface area contributed by atoms with Crippen LogP contribution in [0.2, 0.25) is 0 Å². The Hall–Kier alpha value is -2.68. The minimum atomic E-state index is -0.492. The van der Waals surface area contributed by atoms with E-state index >= 15 is 0 Å². The van der Waals surface area contributed by atoms with E-state index in [1.807, 2.05) is 67.1 Å². The summed E-state index contributed by atoms with van der Waals surface area (Å²) in [6.07, 6.45) is 1.96. The molecule has 1 heterocycles. The SMILES string of the molecule is CSc1ccccc1NC(=O)CN(C)C(C)C(=O)Nc1nc(-c2ccc(C)cc2)cs1. The largest absolute Gasteiger partial charge is 0.324 e. The Morgan fingerprint density at radius 1 is 1.13 bits per heavy atom. The molecule has 0 aliphatic rings. The summed E-state index contributed by atoms with van der Waals surface area (Å²) in [4.78, 5) is 32.3. The van der Waals surface area contributed by atoms with Gasteiger partial charge in [0.1, 0.15) is 0 Å². The molecule has 0 bridgehead atoms. The van der Waals surface area contributed by atoms with Crippen molar-refractivity contribution in [3.63, 3.8) is 0 Å². The third-order valence-electron chi connectivity index (χ3n) is 4.90. The van der Waals surface area contributed by atoms with Gasteiger partial charge in [0.25, 0.3) is 0 Å². The second kappa shape index (κ2) is 10.6. The first kappa shape index (κ1) is 23.0. The van der Waals surface area contributed by atoms with Crippen LogP contribution in [0.1, 0.15) is 12.5 Å². The zero-order valence-electron chi connectivity index (χ0n) is 18.0. The second-order valence-corrected chi connectivity index (χ2v) is 8.94. The van der Waals surface area contributed by atoms with Gasteiger partial charge in [-0.3, -0.25) is 14.5 Å². The molecule has 0 radical (unpaired) electrons. The molecular formula is C23H26N4O2S2. The number of thioether (sulfide) groups is 1. The number of likely N-dealkylation sites (N-methyl/N-ethyl adjacent to an activating group) is 1. The molecule has 0 aliphatic carbocycles. The quantitative estimate of drug-likeness (QED) is 0.481. The highest BCUT2D eigenvalue weighted by Gasteiger charge is 2.21. The molecule has 0 fully saturated rings. The number of amides is 2. The van der Waals surface area contributed by atoms with Crippen LogP contribution in [0, 0.1) is 6.92 Å². The number of anilines is 2. The standard InChI is InChI=1S/C23H26N4O2S2/c1-15-9-11-17(12-10-15)19-14-31-23(25-19)26-22(29)16(2)27(3)13-21(28)24-18-7-5-6-8-20(18)30-4/h5-12,14,16H,13H2,1-4H3,(H,24,28)(H,25,26,29). The molecule has 8 heteroatoms. The Balaban J connectivity index is 1.55. The molecule has 1 atom stereocenters. The lowest BCUT2D eigenvalue weighted by Crippen LogP contribution is -2.43. The van der Waals surface area contributed by atoms with Gasteiger partial charge < -0.3 is 10.6 Å². The fourth-order valence-electron chi connectivity index (χ4n) is 2.90. The van der Waals surface area contributed by atoms with E-state index in [-0.39, 0.29) is 18.4 Å². The lowest BCUT2D eigenvalue weighted by molar-refractivity contribution is -0.122. The first-order valence-electron chi connectivity index (χ1n) is 9.84. The van der Waals surface area contributed by atoms with Crippen molar-refractivity contribution >= 4 is 45.7 Å². The highest BCUT2D eigenvalue weighted by atomic mass is 32.2. The molecule has 2 aromatic carbocycles. The van der Waals surface area contributed by atoms with Crippen LogP contribution in [0.15, 0.2) is 58.8 Å². The van der Waals surface area contributed by atoms with Gasteiger partial charge in [-0.15, -0.1) is 23.1 Å². The monoisotopic (exact) mass is 454 g/mol. The number of carbonyl (C=O) groups excluding carboxylic acids is 2. The molecule has 31 heavy (non-hydrogen) atoms. The number of carbonyl (C=O) groups is 2. The van der Waals surface area contributed by atoms with E-state index in [9.17, 15) is 9.59 Å². The number of para-hydroxylation sites is 1. The van der Waals surface area contributed by atoms with Crippen molar-refractivity contribution in [1.82, 2.24) is 9.88 Å². The van der Waals surface area contributed by atoms with E-state index in [0.717, 1.165) is 21.8 Å². The van der Waals surface area contributed by atoms with E-state index in [1.54, 1.807) is 30.6 Å². The van der Waals surface area contributed by atoms with E-state index in [1.165, 1.54) is 16.9 Å². The van der Waals surface area contributed by atoms with Crippen molar-refractivity contribution in [2.75, 3.05) is 30.5 Å². The Kier molecular flexibility index (Phi) is 7.84. The number of rotatable bonds is 8. The molecule has 0 saturated heterocycles. The average molecular weight is 455 g/mol. The van der Waals surface area contributed by atoms with Crippen molar-refractivity contribution < 1.29 is 9.59 Å². The maximum absolute atomic E-state index is 12.7. The van der Waals surface area contributed by atoms with Gasteiger partial charge in [-0.1, -0.05) is 42.0 Å².